The molecule has 3 nitrogen and oxygen atoms in total. The van der Waals surface area contributed by atoms with Crippen molar-refractivity contribution < 1.29 is 9.53 Å². The molecular formula is C18H18ClNO2S. The number of hydrogen-bond acceptors (Lipinski definition) is 3. The van der Waals surface area contributed by atoms with E-state index in [2.05, 4.69) is 17.4 Å². The van der Waals surface area contributed by atoms with E-state index in [4.69, 9.17) is 16.3 Å². The van der Waals surface area contributed by atoms with E-state index in [0.29, 0.717) is 10.8 Å². The molecule has 1 aliphatic heterocycles. The molecule has 1 heterocycles. The summed E-state index contributed by atoms with van der Waals surface area (Å²) >= 11 is 7.82. The summed E-state index contributed by atoms with van der Waals surface area (Å²) < 4.78 is 5.56. The SMILES string of the molecule is Cc1cc(OCC(=O)N[C@@H]2CCSc3ccccc32)ccc1Cl. The monoisotopic (exact) mass is 347 g/mol. The number of aryl methyl sites for hydroxylation is 1. The smallest absolute Gasteiger partial charge is 0.258 e. The summed E-state index contributed by atoms with van der Waals surface area (Å²) in [7, 11) is 0. The van der Waals surface area contributed by atoms with Crippen LogP contribution >= 0.6 is 23.4 Å². The van der Waals surface area contributed by atoms with Crippen LogP contribution in [0.3, 0.4) is 0 Å². The number of fused-ring (bicyclic) bond motifs is 1. The average Bonchev–Trinajstić information content (AvgIpc) is 2.56. The Morgan fingerprint density at radius 1 is 1.35 bits per heavy atom. The van der Waals surface area contributed by atoms with E-state index in [1.807, 2.05) is 36.9 Å². The summed E-state index contributed by atoms with van der Waals surface area (Å²) in [6, 6.07) is 13.7. The van der Waals surface area contributed by atoms with Crippen LogP contribution < -0.4 is 10.1 Å². The Labute approximate surface area is 145 Å². The van der Waals surface area contributed by atoms with Gasteiger partial charge in [-0.3, -0.25) is 4.79 Å². The van der Waals surface area contributed by atoms with Crippen LogP contribution in [0, 0.1) is 6.92 Å². The molecule has 0 saturated heterocycles. The number of thioether (sulfide) groups is 1. The fourth-order valence-corrected chi connectivity index (χ4v) is 3.83. The van der Waals surface area contributed by atoms with E-state index in [1.54, 1.807) is 12.1 Å². The molecule has 1 N–H and O–H groups in total. The minimum Gasteiger partial charge on any atom is -0.484 e. The zero-order valence-corrected chi connectivity index (χ0v) is 14.4. The van der Waals surface area contributed by atoms with Crippen LogP contribution in [-0.4, -0.2) is 18.3 Å². The Kier molecular flexibility index (Phi) is 5.13. The van der Waals surface area contributed by atoms with Crippen molar-refractivity contribution in [1.82, 2.24) is 5.32 Å². The number of rotatable bonds is 4. The number of halogens is 1. The number of hydrogen-bond donors (Lipinski definition) is 1. The standard InChI is InChI=1S/C18H18ClNO2S/c1-12-10-13(6-7-15(12)19)22-11-18(21)20-16-8-9-23-17-5-3-2-4-14(16)17/h2-7,10,16H,8-9,11H2,1H3,(H,20,21)/t16-/m1/s1. The van der Waals surface area contributed by atoms with E-state index >= 15 is 0 Å². The average molecular weight is 348 g/mol. The quantitative estimate of drug-likeness (QED) is 0.891. The number of benzene rings is 2. The molecule has 0 aromatic heterocycles. The van der Waals surface area contributed by atoms with Gasteiger partial charge in [-0.15, -0.1) is 11.8 Å². The fraction of sp³-hybridized carbons (Fsp3) is 0.278. The molecule has 0 saturated carbocycles. The molecule has 0 fully saturated rings. The Bertz CT molecular complexity index is 720. The van der Waals surface area contributed by atoms with Crippen molar-refractivity contribution in [1.29, 1.82) is 0 Å². The lowest BCUT2D eigenvalue weighted by Gasteiger charge is -2.25. The largest absolute Gasteiger partial charge is 0.484 e. The second-order valence-corrected chi connectivity index (χ2v) is 7.04. The third kappa shape index (κ3) is 4.01. The predicted octanol–water partition coefficient (Wildman–Crippen LogP) is 4.38. The number of carbonyl (C=O) groups excluding carboxylic acids is 1. The summed E-state index contributed by atoms with van der Waals surface area (Å²) in [6.45, 7) is 1.92. The molecule has 0 spiro atoms. The van der Waals surface area contributed by atoms with Gasteiger partial charge in [0.05, 0.1) is 6.04 Å². The molecule has 1 amide bonds. The highest BCUT2D eigenvalue weighted by Crippen LogP contribution is 2.35. The van der Waals surface area contributed by atoms with Crippen molar-refractivity contribution in [3.63, 3.8) is 0 Å². The van der Waals surface area contributed by atoms with Crippen LogP contribution in [-0.2, 0) is 4.79 Å². The van der Waals surface area contributed by atoms with Crippen molar-refractivity contribution in [2.75, 3.05) is 12.4 Å². The van der Waals surface area contributed by atoms with E-state index < -0.39 is 0 Å². The van der Waals surface area contributed by atoms with Gasteiger partial charge in [-0.25, -0.2) is 0 Å². The molecular weight excluding hydrogens is 330 g/mol. The highest BCUT2D eigenvalue weighted by atomic mass is 35.5. The number of ether oxygens (including phenoxy) is 1. The van der Waals surface area contributed by atoms with Crippen molar-refractivity contribution in [2.24, 2.45) is 0 Å². The Hall–Kier alpha value is -1.65. The van der Waals surface area contributed by atoms with Crippen LogP contribution in [0.4, 0.5) is 0 Å². The Balaban J connectivity index is 1.59. The van der Waals surface area contributed by atoms with Crippen LogP contribution in [0.5, 0.6) is 5.75 Å². The molecule has 5 heteroatoms. The van der Waals surface area contributed by atoms with Crippen LogP contribution in [0.1, 0.15) is 23.6 Å². The molecule has 0 radical (unpaired) electrons. The van der Waals surface area contributed by atoms with Gasteiger partial charge >= 0.3 is 0 Å². The zero-order valence-electron chi connectivity index (χ0n) is 12.8. The molecule has 0 bridgehead atoms. The third-order valence-electron chi connectivity index (χ3n) is 3.79. The Morgan fingerprint density at radius 3 is 3.00 bits per heavy atom. The summed E-state index contributed by atoms with van der Waals surface area (Å²) in [5.74, 6) is 1.56. The first-order chi connectivity index (χ1) is 11.1. The lowest BCUT2D eigenvalue weighted by Crippen LogP contribution is -2.34. The zero-order chi connectivity index (χ0) is 16.2. The molecule has 0 aliphatic carbocycles. The van der Waals surface area contributed by atoms with Crippen molar-refractivity contribution in [2.45, 2.75) is 24.3 Å². The highest BCUT2D eigenvalue weighted by Gasteiger charge is 2.21. The summed E-state index contributed by atoms with van der Waals surface area (Å²) in [5.41, 5.74) is 2.13. The van der Waals surface area contributed by atoms with Gasteiger partial charge in [-0.2, -0.15) is 0 Å². The number of amides is 1. The van der Waals surface area contributed by atoms with Crippen molar-refractivity contribution in [3.05, 3.63) is 58.6 Å². The van der Waals surface area contributed by atoms with Crippen LogP contribution in [0.15, 0.2) is 47.4 Å². The molecule has 0 unspecified atom stereocenters. The molecule has 2 aromatic rings. The van der Waals surface area contributed by atoms with Gasteiger partial charge in [0.25, 0.3) is 5.91 Å². The maximum absolute atomic E-state index is 12.2. The van der Waals surface area contributed by atoms with Gasteiger partial charge in [0.2, 0.25) is 0 Å². The van der Waals surface area contributed by atoms with Gasteiger partial charge < -0.3 is 10.1 Å². The second-order valence-electron chi connectivity index (χ2n) is 5.49. The van der Waals surface area contributed by atoms with Crippen molar-refractivity contribution in [3.8, 4) is 5.75 Å². The first kappa shape index (κ1) is 16.2. The molecule has 120 valence electrons. The maximum atomic E-state index is 12.2. The molecule has 23 heavy (non-hydrogen) atoms. The summed E-state index contributed by atoms with van der Waals surface area (Å²) in [5, 5.41) is 3.76. The van der Waals surface area contributed by atoms with Gasteiger partial charge in [-0.1, -0.05) is 29.8 Å². The van der Waals surface area contributed by atoms with Crippen LogP contribution in [0.25, 0.3) is 0 Å². The van der Waals surface area contributed by atoms with Gasteiger partial charge in [-0.05, 0) is 48.7 Å². The normalized spacial score (nSPS) is 16.5. The third-order valence-corrected chi connectivity index (χ3v) is 5.34. The highest BCUT2D eigenvalue weighted by molar-refractivity contribution is 7.99. The molecule has 3 rings (SSSR count). The number of nitrogens with one attached hydrogen (secondary N) is 1. The lowest BCUT2D eigenvalue weighted by atomic mass is 10.0. The number of carbonyl (C=O) groups is 1. The lowest BCUT2D eigenvalue weighted by molar-refractivity contribution is -0.123. The summed E-state index contributed by atoms with van der Waals surface area (Å²) in [6.07, 6.45) is 0.938. The van der Waals surface area contributed by atoms with E-state index in [-0.39, 0.29) is 18.6 Å². The first-order valence-corrected chi connectivity index (χ1v) is 8.90. The minimum atomic E-state index is -0.107. The molecule has 2 aromatic carbocycles. The predicted molar refractivity (Wildman–Crippen MR) is 94.4 cm³/mol. The second kappa shape index (κ2) is 7.28. The van der Waals surface area contributed by atoms with Gasteiger partial charge in [0.15, 0.2) is 6.61 Å². The van der Waals surface area contributed by atoms with E-state index in [9.17, 15) is 4.79 Å². The minimum absolute atomic E-state index is 0.00683. The fourth-order valence-electron chi connectivity index (χ4n) is 2.58. The topological polar surface area (TPSA) is 38.3 Å². The van der Waals surface area contributed by atoms with E-state index in [1.165, 1.54) is 10.5 Å². The summed E-state index contributed by atoms with van der Waals surface area (Å²) in [4.78, 5) is 13.4. The first-order valence-electron chi connectivity index (χ1n) is 7.53. The molecule has 1 aliphatic rings. The van der Waals surface area contributed by atoms with Gasteiger partial charge in [0, 0.05) is 15.7 Å². The van der Waals surface area contributed by atoms with Crippen molar-refractivity contribution >= 4 is 29.3 Å². The molecule has 1 atom stereocenters. The maximum Gasteiger partial charge on any atom is 0.258 e. The van der Waals surface area contributed by atoms with Gasteiger partial charge in [0.1, 0.15) is 5.75 Å². The van der Waals surface area contributed by atoms with Crippen LogP contribution in [0.2, 0.25) is 5.02 Å². The van der Waals surface area contributed by atoms with E-state index in [0.717, 1.165) is 17.7 Å². The Morgan fingerprint density at radius 2 is 2.17 bits per heavy atom.